The van der Waals surface area contributed by atoms with Gasteiger partial charge < -0.3 is 14.6 Å². The number of carboxylic acid groups (broad SMARTS) is 1. The first-order valence-electron chi connectivity index (χ1n) is 16.6. The molecular formula is C33H64O5. The van der Waals surface area contributed by atoms with Gasteiger partial charge in [0.05, 0.1) is 18.9 Å². The summed E-state index contributed by atoms with van der Waals surface area (Å²) < 4.78 is 11.7. The molecule has 0 heterocycles. The molecule has 0 saturated heterocycles. The first-order valence-corrected chi connectivity index (χ1v) is 16.6. The molecule has 0 radical (unpaired) electrons. The van der Waals surface area contributed by atoms with Gasteiger partial charge in [-0.05, 0) is 25.7 Å². The predicted molar refractivity (Wildman–Crippen MR) is 160 cm³/mol. The van der Waals surface area contributed by atoms with Crippen LogP contribution in [0, 0.1) is 0 Å². The second-order valence-electron chi connectivity index (χ2n) is 11.3. The van der Waals surface area contributed by atoms with E-state index in [0.717, 1.165) is 38.5 Å². The van der Waals surface area contributed by atoms with Crippen LogP contribution in [0.5, 0.6) is 0 Å². The van der Waals surface area contributed by atoms with Crippen molar-refractivity contribution in [3.63, 3.8) is 0 Å². The molecule has 0 aromatic carbocycles. The van der Waals surface area contributed by atoms with Gasteiger partial charge in [0.15, 0.2) is 0 Å². The lowest BCUT2D eigenvalue weighted by atomic mass is 10.0. The first kappa shape index (κ1) is 36.9. The maximum absolute atomic E-state index is 12.7. The molecule has 0 aliphatic rings. The van der Waals surface area contributed by atoms with E-state index in [-0.39, 0.29) is 24.9 Å². The Morgan fingerprint density at radius 2 is 0.947 bits per heavy atom. The highest BCUT2D eigenvalue weighted by molar-refractivity contribution is 5.72. The highest BCUT2D eigenvalue weighted by Crippen LogP contribution is 2.17. The number of ether oxygens (including phenoxy) is 2. The minimum absolute atomic E-state index is 0.109. The van der Waals surface area contributed by atoms with Crippen LogP contribution in [0.1, 0.15) is 181 Å². The Morgan fingerprint density at radius 3 is 1.42 bits per heavy atom. The third kappa shape index (κ3) is 26.5. The van der Waals surface area contributed by atoms with Crippen LogP contribution in [0.25, 0.3) is 0 Å². The van der Waals surface area contributed by atoms with Gasteiger partial charge in [0.2, 0.25) is 0 Å². The molecule has 5 nitrogen and oxygen atoms in total. The SMILES string of the molecule is CCCCCCCCCCCCOC(CCCC)CC(=O)OC(CCCCCCCCCCC)CC(=O)O. The number of hydrogen-bond acceptors (Lipinski definition) is 4. The van der Waals surface area contributed by atoms with E-state index >= 15 is 0 Å². The molecule has 226 valence electrons. The van der Waals surface area contributed by atoms with E-state index < -0.39 is 12.1 Å². The normalized spacial score (nSPS) is 12.9. The van der Waals surface area contributed by atoms with E-state index in [1.165, 1.54) is 103 Å². The summed E-state index contributed by atoms with van der Waals surface area (Å²) in [6, 6.07) is 0. The molecule has 2 unspecified atom stereocenters. The molecule has 0 rings (SSSR count). The Labute approximate surface area is 236 Å². The Bertz CT molecular complexity index is 522. The minimum atomic E-state index is -0.904. The summed E-state index contributed by atoms with van der Waals surface area (Å²) in [5.41, 5.74) is 0. The third-order valence-electron chi connectivity index (χ3n) is 7.46. The molecule has 0 fully saturated rings. The van der Waals surface area contributed by atoms with Crippen molar-refractivity contribution in [2.24, 2.45) is 0 Å². The smallest absolute Gasteiger partial charge is 0.308 e. The lowest BCUT2D eigenvalue weighted by Gasteiger charge is -2.20. The van der Waals surface area contributed by atoms with E-state index in [9.17, 15) is 14.7 Å². The lowest BCUT2D eigenvalue weighted by molar-refractivity contribution is -0.156. The van der Waals surface area contributed by atoms with Crippen molar-refractivity contribution in [2.45, 2.75) is 193 Å². The number of carbonyl (C=O) groups excluding carboxylic acids is 1. The molecule has 0 aliphatic carbocycles. The molecule has 2 atom stereocenters. The maximum atomic E-state index is 12.7. The van der Waals surface area contributed by atoms with E-state index in [4.69, 9.17) is 9.47 Å². The largest absolute Gasteiger partial charge is 0.481 e. The molecule has 0 bridgehead atoms. The molecule has 0 aromatic heterocycles. The quantitative estimate of drug-likeness (QED) is 0.0724. The molecule has 0 aliphatic heterocycles. The van der Waals surface area contributed by atoms with Crippen molar-refractivity contribution in [3.8, 4) is 0 Å². The van der Waals surface area contributed by atoms with Gasteiger partial charge in [-0.25, -0.2) is 0 Å². The number of rotatable bonds is 30. The van der Waals surface area contributed by atoms with Crippen molar-refractivity contribution >= 4 is 11.9 Å². The van der Waals surface area contributed by atoms with Crippen molar-refractivity contribution < 1.29 is 24.2 Å². The molecular weight excluding hydrogens is 476 g/mol. The summed E-state index contributed by atoms with van der Waals surface area (Å²) in [7, 11) is 0. The zero-order valence-corrected chi connectivity index (χ0v) is 25.6. The Hall–Kier alpha value is -1.10. The Balaban J connectivity index is 4.19. The van der Waals surface area contributed by atoms with Crippen molar-refractivity contribution in [3.05, 3.63) is 0 Å². The van der Waals surface area contributed by atoms with Gasteiger partial charge in [-0.15, -0.1) is 0 Å². The summed E-state index contributed by atoms with van der Waals surface area (Å²) in [5.74, 6) is -1.21. The fourth-order valence-electron chi connectivity index (χ4n) is 5.02. The average Bonchev–Trinajstić information content (AvgIpc) is 2.88. The number of carboxylic acids is 1. The molecule has 1 N–H and O–H groups in total. The van der Waals surface area contributed by atoms with E-state index in [0.29, 0.717) is 13.0 Å². The molecule has 0 amide bonds. The van der Waals surface area contributed by atoms with Crippen LogP contribution in [-0.2, 0) is 19.1 Å². The average molecular weight is 541 g/mol. The highest BCUT2D eigenvalue weighted by atomic mass is 16.5. The van der Waals surface area contributed by atoms with E-state index in [2.05, 4.69) is 20.8 Å². The van der Waals surface area contributed by atoms with Gasteiger partial charge in [-0.2, -0.15) is 0 Å². The summed E-state index contributed by atoms with van der Waals surface area (Å²) in [4.78, 5) is 24.0. The Kier molecular flexibility index (Phi) is 28.1. The maximum Gasteiger partial charge on any atom is 0.308 e. The molecule has 38 heavy (non-hydrogen) atoms. The fourth-order valence-corrected chi connectivity index (χ4v) is 5.02. The second kappa shape index (κ2) is 28.9. The fraction of sp³-hybridized carbons (Fsp3) is 0.939. The lowest BCUT2D eigenvalue weighted by Crippen LogP contribution is -2.26. The summed E-state index contributed by atoms with van der Waals surface area (Å²) >= 11 is 0. The molecule has 0 spiro atoms. The topological polar surface area (TPSA) is 72.8 Å². The molecule has 0 aromatic rings. The van der Waals surface area contributed by atoms with Crippen LogP contribution in [0.4, 0.5) is 0 Å². The van der Waals surface area contributed by atoms with Crippen LogP contribution in [0.3, 0.4) is 0 Å². The van der Waals surface area contributed by atoms with Gasteiger partial charge in [0.25, 0.3) is 0 Å². The van der Waals surface area contributed by atoms with E-state index in [1.54, 1.807) is 0 Å². The first-order chi connectivity index (χ1) is 18.5. The monoisotopic (exact) mass is 540 g/mol. The van der Waals surface area contributed by atoms with Crippen LogP contribution >= 0.6 is 0 Å². The number of carbonyl (C=O) groups is 2. The van der Waals surface area contributed by atoms with Crippen LogP contribution in [-0.4, -0.2) is 35.9 Å². The predicted octanol–water partition coefficient (Wildman–Crippen LogP) is 10.2. The highest BCUT2D eigenvalue weighted by Gasteiger charge is 2.21. The second-order valence-corrected chi connectivity index (χ2v) is 11.3. The third-order valence-corrected chi connectivity index (χ3v) is 7.46. The summed E-state index contributed by atoms with van der Waals surface area (Å²) in [6.45, 7) is 7.33. The zero-order chi connectivity index (χ0) is 28.1. The minimum Gasteiger partial charge on any atom is -0.481 e. The van der Waals surface area contributed by atoms with E-state index in [1.807, 2.05) is 0 Å². The number of hydrogen-bond donors (Lipinski definition) is 1. The van der Waals surface area contributed by atoms with Crippen LogP contribution < -0.4 is 0 Å². The molecule has 5 heteroatoms. The van der Waals surface area contributed by atoms with Gasteiger partial charge >= 0.3 is 11.9 Å². The van der Waals surface area contributed by atoms with Crippen LogP contribution in [0.15, 0.2) is 0 Å². The van der Waals surface area contributed by atoms with Crippen molar-refractivity contribution in [1.82, 2.24) is 0 Å². The van der Waals surface area contributed by atoms with Crippen molar-refractivity contribution in [2.75, 3.05) is 6.61 Å². The number of aliphatic carboxylic acids is 1. The van der Waals surface area contributed by atoms with Gasteiger partial charge in [-0.1, -0.05) is 143 Å². The van der Waals surface area contributed by atoms with Crippen molar-refractivity contribution in [1.29, 1.82) is 0 Å². The summed E-state index contributed by atoms with van der Waals surface area (Å²) in [6.07, 6.45) is 26.9. The zero-order valence-electron chi connectivity index (χ0n) is 25.6. The van der Waals surface area contributed by atoms with Gasteiger partial charge in [0.1, 0.15) is 6.10 Å². The standard InChI is InChI=1S/C33H64O5/c1-4-7-10-12-14-16-18-20-22-24-27-37-30(25-9-6-3)29-33(36)38-31(28-32(34)35)26-23-21-19-17-15-13-11-8-5-2/h30-31H,4-29H2,1-3H3,(H,34,35). The number of unbranched alkanes of at least 4 members (excludes halogenated alkanes) is 18. The Morgan fingerprint density at radius 1 is 0.526 bits per heavy atom. The number of esters is 1. The summed E-state index contributed by atoms with van der Waals surface area (Å²) in [5, 5.41) is 9.29. The van der Waals surface area contributed by atoms with Crippen LogP contribution in [0.2, 0.25) is 0 Å². The van der Waals surface area contributed by atoms with Gasteiger partial charge in [0, 0.05) is 6.61 Å². The molecule has 0 saturated carbocycles. The van der Waals surface area contributed by atoms with Gasteiger partial charge in [-0.3, -0.25) is 9.59 Å².